The van der Waals surface area contributed by atoms with Crippen molar-refractivity contribution in [3.63, 3.8) is 0 Å². The second-order valence-electron chi connectivity index (χ2n) is 5.12. The molecule has 0 fully saturated rings. The summed E-state index contributed by atoms with van der Waals surface area (Å²) < 4.78 is 1.46. The Hall–Kier alpha value is -2.27. The molecule has 3 aromatic rings. The van der Waals surface area contributed by atoms with E-state index in [1.807, 2.05) is 51.4 Å². The number of aromatic amines is 1. The average Bonchev–Trinajstić information content (AvgIpc) is 2.83. The van der Waals surface area contributed by atoms with Crippen LogP contribution in [0, 0.1) is 6.92 Å². The largest absolute Gasteiger partial charge is 0.372 e. The van der Waals surface area contributed by atoms with Gasteiger partial charge < -0.3 is 4.90 Å². The zero-order valence-corrected chi connectivity index (χ0v) is 12.8. The first-order valence-electron chi connectivity index (χ1n) is 6.53. The van der Waals surface area contributed by atoms with E-state index < -0.39 is 0 Å². The molecule has 108 valence electrons. The van der Waals surface area contributed by atoms with Crippen molar-refractivity contribution in [3.05, 3.63) is 51.4 Å². The van der Waals surface area contributed by atoms with Crippen molar-refractivity contribution in [2.45, 2.75) is 6.92 Å². The summed E-state index contributed by atoms with van der Waals surface area (Å²) in [6.45, 7) is 1.84. The normalized spacial score (nSPS) is 11.0. The van der Waals surface area contributed by atoms with Crippen LogP contribution in [0.2, 0.25) is 5.02 Å². The molecule has 0 amide bonds. The Morgan fingerprint density at radius 1 is 1.24 bits per heavy atom. The highest BCUT2D eigenvalue weighted by molar-refractivity contribution is 6.30. The first kappa shape index (κ1) is 13.7. The Labute approximate surface area is 126 Å². The van der Waals surface area contributed by atoms with Gasteiger partial charge in [-0.3, -0.25) is 9.89 Å². The molecule has 0 bridgehead atoms. The molecule has 0 aliphatic rings. The highest BCUT2D eigenvalue weighted by Crippen LogP contribution is 2.21. The topological polar surface area (TPSA) is 53.4 Å². The molecule has 3 rings (SSSR count). The van der Waals surface area contributed by atoms with Gasteiger partial charge in [-0.25, -0.2) is 4.98 Å². The molecule has 0 spiro atoms. The zero-order valence-electron chi connectivity index (χ0n) is 12.0. The van der Waals surface area contributed by atoms with Crippen molar-refractivity contribution in [2.24, 2.45) is 0 Å². The molecule has 0 saturated carbocycles. The molecule has 0 unspecified atom stereocenters. The standard InChI is InChI=1S/C15H15ClN4O/c1-9-14(19(2)3)15(21)20-13(17-9)8-12(18-20)10-4-6-11(16)7-5-10/h4-8,18H,1-3H3. The summed E-state index contributed by atoms with van der Waals surface area (Å²) in [5, 5.41) is 3.77. The van der Waals surface area contributed by atoms with E-state index in [2.05, 4.69) is 10.1 Å². The Morgan fingerprint density at radius 3 is 2.52 bits per heavy atom. The maximum atomic E-state index is 12.5. The van der Waals surface area contributed by atoms with Gasteiger partial charge in [0, 0.05) is 25.2 Å². The minimum atomic E-state index is -0.109. The van der Waals surface area contributed by atoms with E-state index in [9.17, 15) is 4.79 Å². The monoisotopic (exact) mass is 302 g/mol. The number of anilines is 1. The van der Waals surface area contributed by atoms with Gasteiger partial charge in [0.2, 0.25) is 0 Å². The van der Waals surface area contributed by atoms with Crippen LogP contribution in [-0.4, -0.2) is 28.7 Å². The molecule has 1 N–H and O–H groups in total. The maximum absolute atomic E-state index is 12.5. The third-order valence-electron chi connectivity index (χ3n) is 3.37. The number of aromatic nitrogens is 3. The van der Waals surface area contributed by atoms with Gasteiger partial charge in [0.15, 0.2) is 5.65 Å². The molecule has 0 radical (unpaired) electrons. The van der Waals surface area contributed by atoms with Gasteiger partial charge in [0.05, 0.1) is 11.4 Å². The molecule has 1 aromatic carbocycles. The van der Waals surface area contributed by atoms with Crippen LogP contribution in [0.1, 0.15) is 5.69 Å². The number of hydrogen-bond acceptors (Lipinski definition) is 3. The number of rotatable bonds is 2. The summed E-state index contributed by atoms with van der Waals surface area (Å²) in [7, 11) is 3.67. The fraction of sp³-hybridized carbons (Fsp3) is 0.200. The third-order valence-corrected chi connectivity index (χ3v) is 3.62. The van der Waals surface area contributed by atoms with Gasteiger partial charge in [-0.05, 0) is 24.6 Å². The van der Waals surface area contributed by atoms with E-state index in [0.717, 1.165) is 11.3 Å². The molecule has 0 aliphatic carbocycles. The lowest BCUT2D eigenvalue weighted by atomic mass is 10.2. The van der Waals surface area contributed by atoms with Crippen LogP contribution in [0.15, 0.2) is 35.1 Å². The Balaban J connectivity index is 2.23. The van der Waals surface area contributed by atoms with Gasteiger partial charge in [-0.15, -0.1) is 0 Å². The molecule has 2 heterocycles. The van der Waals surface area contributed by atoms with E-state index in [1.54, 1.807) is 4.90 Å². The number of hydrogen-bond donors (Lipinski definition) is 1. The summed E-state index contributed by atoms with van der Waals surface area (Å²) in [6, 6.07) is 9.29. The van der Waals surface area contributed by atoms with Crippen molar-refractivity contribution >= 4 is 22.9 Å². The highest BCUT2D eigenvalue weighted by atomic mass is 35.5. The number of H-pyrrole nitrogens is 1. The third kappa shape index (κ3) is 2.29. The summed E-state index contributed by atoms with van der Waals surface area (Å²) >= 11 is 5.90. The predicted molar refractivity (Wildman–Crippen MR) is 85.3 cm³/mol. The van der Waals surface area contributed by atoms with Crippen LogP contribution in [-0.2, 0) is 0 Å². The SMILES string of the molecule is Cc1nc2cc(-c3ccc(Cl)cc3)[nH]n2c(=O)c1N(C)C. The molecule has 21 heavy (non-hydrogen) atoms. The minimum Gasteiger partial charge on any atom is -0.372 e. The van der Waals surface area contributed by atoms with E-state index in [0.29, 0.717) is 22.1 Å². The molecule has 6 heteroatoms. The lowest BCUT2D eigenvalue weighted by Gasteiger charge is -2.13. The number of nitrogens with zero attached hydrogens (tertiary/aromatic N) is 3. The lowest BCUT2D eigenvalue weighted by Crippen LogP contribution is -2.26. The van der Waals surface area contributed by atoms with Gasteiger partial charge in [-0.1, -0.05) is 23.7 Å². The second-order valence-corrected chi connectivity index (χ2v) is 5.55. The molecule has 5 nitrogen and oxygen atoms in total. The van der Waals surface area contributed by atoms with Crippen LogP contribution in [0.3, 0.4) is 0 Å². The number of nitrogens with one attached hydrogen (secondary N) is 1. The van der Waals surface area contributed by atoms with Crippen molar-refractivity contribution in [3.8, 4) is 11.3 Å². The molecule has 0 aliphatic heterocycles. The predicted octanol–water partition coefficient (Wildman–Crippen LogP) is 2.72. The lowest BCUT2D eigenvalue weighted by molar-refractivity contribution is 0.878. The van der Waals surface area contributed by atoms with Crippen molar-refractivity contribution in [1.29, 1.82) is 0 Å². The van der Waals surface area contributed by atoms with E-state index in [4.69, 9.17) is 11.6 Å². The highest BCUT2D eigenvalue weighted by Gasteiger charge is 2.13. The quantitative estimate of drug-likeness (QED) is 0.792. The summed E-state index contributed by atoms with van der Waals surface area (Å²) in [6.07, 6.45) is 0. The fourth-order valence-electron chi connectivity index (χ4n) is 2.42. The van der Waals surface area contributed by atoms with Crippen molar-refractivity contribution < 1.29 is 0 Å². The van der Waals surface area contributed by atoms with Crippen LogP contribution < -0.4 is 10.5 Å². The summed E-state index contributed by atoms with van der Waals surface area (Å²) in [4.78, 5) is 18.8. The van der Waals surface area contributed by atoms with Crippen molar-refractivity contribution in [1.82, 2.24) is 14.6 Å². The second kappa shape index (κ2) is 4.93. The minimum absolute atomic E-state index is 0.109. The average molecular weight is 303 g/mol. The summed E-state index contributed by atoms with van der Waals surface area (Å²) in [5.74, 6) is 0. The Kier molecular flexibility index (Phi) is 3.22. The smallest absolute Gasteiger partial charge is 0.296 e. The molecule has 0 atom stereocenters. The number of benzene rings is 1. The Bertz CT molecular complexity index is 862. The first-order chi connectivity index (χ1) is 9.97. The first-order valence-corrected chi connectivity index (χ1v) is 6.91. The van der Waals surface area contributed by atoms with Gasteiger partial charge in [0.1, 0.15) is 5.69 Å². The van der Waals surface area contributed by atoms with Crippen LogP contribution >= 0.6 is 11.6 Å². The zero-order chi connectivity index (χ0) is 15.1. The molecule has 0 saturated heterocycles. The summed E-state index contributed by atoms with van der Waals surface area (Å²) in [5.41, 5.74) is 3.57. The van der Waals surface area contributed by atoms with E-state index >= 15 is 0 Å². The fourth-order valence-corrected chi connectivity index (χ4v) is 2.54. The van der Waals surface area contributed by atoms with E-state index in [1.165, 1.54) is 4.52 Å². The van der Waals surface area contributed by atoms with Crippen molar-refractivity contribution in [2.75, 3.05) is 19.0 Å². The van der Waals surface area contributed by atoms with E-state index in [-0.39, 0.29) is 5.56 Å². The number of fused-ring (bicyclic) bond motifs is 1. The van der Waals surface area contributed by atoms with Gasteiger partial charge >= 0.3 is 0 Å². The molecular weight excluding hydrogens is 288 g/mol. The maximum Gasteiger partial charge on any atom is 0.296 e. The van der Waals surface area contributed by atoms with Crippen LogP contribution in [0.25, 0.3) is 16.9 Å². The van der Waals surface area contributed by atoms with Crippen LogP contribution in [0.5, 0.6) is 0 Å². The van der Waals surface area contributed by atoms with Gasteiger partial charge in [0.25, 0.3) is 5.56 Å². The number of aryl methyl sites for hydroxylation is 1. The van der Waals surface area contributed by atoms with Crippen LogP contribution in [0.4, 0.5) is 5.69 Å². The number of halogens is 1. The molecular formula is C15H15ClN4O. The van der Waals surface area contributed by atoms with Gasteiger partial charge in [-0.2, -0.15) is 4.52 Å². The molecule has 2 aromatic heterocycles. The Morgan fingerprint density at radius 2 is 1.90 bits per heavy atom.